The average Bonchev–Trinajstić information content (AvgIpc) is 2.61. The van der Waals surface area contributed by atoms with E-state index in [2.05, 4.69) is 105 Å². The molecule has 0 aliphatic rings. The molecule has 0 N–H and O–H groups in total. The summed E-state index contributed by atoms with van der Waals surface area (Å²) in [5.74, 6) is 0. The van der Waals surface area contributed by atoms with Crippen molar-refractivity contribution in [1.82, 2.24) is 0 Å². The molecule has 0 bridgehead atoms. The molecule has 0 fully saturated rings. The van der Waals surface area contributed by atoms with Crippen molar-refractivity contribution < 1.29 is 4.57 Å². The Kier molecular flexibility index (Phi) is 3.96. The number of nitrogens with zero attached hydrogens (tertiary/aromatic N) is 1. The molecule has 3 aromatic carbocycles. The number of benzene rings is 3. The second kappa shape index (κ2) is 6.06. The number of rotatable bonds is 2. The second-order valence-electron chi connectivity index (χ2n) is 8.30. The fourth-order valence-corrected chi connectivity index (χ4v) is 4.97. The maximum atomic E-state index is 2.42. The van der Waals surface area contributed by atoms with Crippen LogP contribution in [0.3, 0.4) is 0 Å². The zero-order chi connectivity index (χ0) is 18.5. The van der Waals surface area contributed by atoms with Gasteiger partial charge in [0.25, 0.3) is 0 Å². The Morgan fingerprint density at radius 3 is 2.27 bits per heavy atom. The standard InChI is InChI=1S/C24H26NSi/c1-17-10-12-21-20-9-7-6-8-18(20)11-13-22(21)24(17)23-16-19(26(3,4)5)14-15-25(23)2/h6-16H,1-5H3/q+1. The Morgan fingerprint density at radius 1 is 0.769 bits per heavy atom. The van der Waals surface area contributed by atoms with Gasteiger partial charge in [-0.05, 0) is 39.2 Å². The fourth-order valence-electron chi connectivity index (χ4n) is 3.82. The molecular formula is C24H26NSi+. The number of pyridine rings is 1. The van der Waals surface area contributed by atoms with Gasteiger partial charge in [0, 0.05) is 12.1 Å². The summed E-state index contributed by atoms with van der Waals surface area (Å²) in [5, 5.41) is 6.81. The lowest BCUT2D eigenvalue weighted by molar-refractivity contribution is -0.660. The normalized spacial score (nSPS) is 12.0. The van der Waals surface area contributed by atoms with E-state index in [9.17, 15) is 0 Å². The van der Waals surface area contributed by atoms with E-state index in [4.69, 9.17) is 0 Å². The summed E-state index contributed by atoms with van der Waals surface area (Å²) in [6, 6.07) is 22.5. The highest BCUT2D eigenvalue weighted by Crippen LogP contribution is 2.34. The molecule has 0 aliphatic carbocycles. The minimum atomic E-state index is -1.36. The van der Waals surface area contributed by atoms with Crippen molar-refractivity contribution in [2.75, 3.05) is 0 Å². The van der Waals surface area contributed by atoms with Crippen molar-refractivity contribution in [3.05, 3.63) is 72.4 Å². The van der Waals surface area contributed by atoms with Crippen LogP contribution in [-0.4, -0.2) is 8.07 Å². The van der Waals surface area contributed by atoms with Crippen LogP contribution in [-0.2, 0) is 7.05 Å². The largest absolute Gasteiger partial charge is 0.213 e. The van der Waals surface area contributed by atoms with Gasteiger partial charge >= 0.3 is 0 Å². The Morgan fingerprint density at radius 2 is 1.50 bits per heavy atom. The van der Waals surface area contributed by atoms with Gasteiger partial charge in [-0.1, -0.05) is 68.2 Å². The summed E-state index contributed by atoms with van der Waals surface area (Å²) in [4.78, 5) is 0. The van der Waals surface area contributed by atoms with Gasteiger partial charge in [-0.25, -0.2) is 4.57 Å². The first kappa shape index (κ1) is 17.0. The van der Waals surface area contributed by atoms with Crippen LogP contribution in [0.1, 0.15) is 5.56 Å². The first-order valence-corrected chi connectivity index (χ1v) is 12.8. The molecule has 130 valence electrons. The number of hydrogen-bond donors (Lipinski definition) is 0. The molecule has 0 unspecified atom stereocenters. The van der Waals surface area contributed by atoms with Crippen molar-refractivity contribution in [1.29, 1.82) is 0 Å². The molecule has 1 nitrogen and oxygen atoms in total. The van der Waals surface area contributed by atoms with E-state index in [1.165, 1.54) is 43.6 Å². The maximum Gasteiger partial charge on any atom is 0.213 e. The van der Waals surface area contributed by atoms with Crippen LogP contribution in [0.15, 0.2) is 66.9 Å². The molecule has 0 aliphatic heterocycles. The van der Waals surface area contributed by atoms with Crippen LogP contribution < -0.4 is 9.75 Å². The number of aryl methyl sites for hydroxylation is 2. The molecule has 0 saturated heterocycles. The Bertz CT molecular complexity index is 1140. The smallest absolute Gasteiger partial charge is 0.201 e. The zero-order valence-corrected chi connectivity index (χ0v) is 17.3. The molecule has 26 heavy (non-hydrogen) atoms. The van der Waals surface area contributed by atoms with Crippen LogP contribution in [0, 0.1) is 6.92 Å². The van der Waals surface area contributed by atoms with Crippen molar-refractivity contribution in [2.24, 2.45) is 7.05 Å². The summed E-state index contributed by atoms with van der Waals surface area (Å²) in [7, 11) is 0.793. The first-order chi connectivity index (χ1) is 12.4. The number of aromatic nitrogens is 1. The SMILES string of the molecule is Cc1ccc2c(ccc3ccccc32)c1-c1cc([Si](C)(C)C)cc[n+]1C. The van der Waals surface area contributed by atoms with E-state index in [1.54, 1.807) is 0 Å². The van der Waals surface area contributed by atoms with Gasteiger partial charge in [0.1, 0.15) is 7.05 Å². The molecule has 0 spiro atoms. The zero-order valence-electron chi connectivity index (χ0n) is 16.3. The lowest BCUT2D eigenvalue weighted by Gasteiger charge is -2.17. The minimum Gasteiger partial charge on any atom is -0.201 e. The van der Waals surface area contributed by atoms with Gasteiger partial charge in [-0.3, -0.25) is 0 Å². The molecule has 0 radical (unpaired) electrons. The lowest BCUT2D eigenvalue weighted by atomic mass is 9.93. The van der Waals surface area contributed by atoms with Gasteiger partial charge in [0.2, 0.25) is 5.69 Å². The molecule has 0 saturated carbocycles. The van der Waals surface area contributed by atoms with Gasteiger partial charge in [0.05, 0.1) is 13.6 Å². The predicted molar refractivity (Wildman–Crippen MR) is 116 cm³/mol. The molecule has 0 atom stereocenters. The van der Waals surface area contributed by atoms with Crippen molar-refractivity contribution in [3.63, 3.8) is 0 Å². The quantitative estimate of drug-likeness (QED) is 0.259. The van der Waals surface area contributed by atoms with Crippen molar-refractivity contribution in [2.45, 2.75) is 26.6 Å². The molecule has 4 aromatic rings. The Labute approximate surface area is 156 Å². The lowest BCUT2D eigenvalue weighted by Crippen LogP contribution is -2.42. The van der Waals surface area contributed by atoms with E-state index in [0.29, 0.717) is 0 Å². The molecule has 4 rings (SSSR count). The van der Waals surface area contributed by atoms with E-state index in [-0.39, 0.29) is 0 Å². The van der Waals surface area contributed by atoms with Gasteiger partial charge in [-0.15, -0.1) is 0 Å². The van der Waals surface area contributed by atoms with Crippen LogP contribution in [0.2, 0.25) is 19.6 Å². The summed E-state index contributed by atoms with van der Waals surface area (Å²) >= 11 is 0. The third kappa shape index (κ3) is 2.75. The van der Waals surface area contributed by atoms with Crippen LogP contribution in [0.4, 0.5) is 0 Å². The topological polar surface area (TPSA) is 3.88 Å². The molecule has 1 aromatic heterocycles. The summed E-state index contributed by atoms with van der Waals surface area (Å²) < 4.78 is 2.26. The van der Waals surface area contributed by atoms with Crippen LogP contribution in [0.25, 0.3) is 32.8 Å². The molecular weight excluding hydrogens is 330 g/mol. The van der Waals surface area contributed by atoms with E-state index >= 15 is 0 Å². The van der Waals surface area contributed by atoms with E-state index in [0.717, 1.165) is 0 Å². The minimum absolute atomic E-state index is 1.30. The third-order valence-corrected chi connectivity index (χ3v) is 7.45. The maximum absolute atomic E-state index is 2.42. The molecule has 2 heteroatoms. The van der Waals surface area contributed by atoms with Crippen molar-refractivity contribution >= 4 is 34.8 Å². The highest BCUT2D eigenvalue weighted by Gasteiger charge is 2.23. The fraction of sp³-hybridized carbons (Fsp3) is 0.208. The summed E-state index contributed by atoms with van der Waals surface area (Å²) in [6.45, 7) is 9.46. The second-order valence-corrected chi connectivity index (χ2v) is 13.4. The molecule has 1 heterocycles. The summed E-state index contributed by atoms with van der Waals surface area (Å²) in [5.41, 5.74) is 4.00. The van der Waals surface area contributed by atoms with E-state index in [1.807, 2.05) is 0 Å². The number of hydrogen-bond acceptors (Lipinski definition) is 0. The van der Waals surface area contributed by atoms with Gasteiger partial charge in [-0.2, -0.15) is 0 Å². The third-order valence-electron chi connectivity index (χ3n) is 5.41. The Hall–Kier alpha value is -2.45. The summed E-state index contributed by atoms with van der Waals surface area (Å²) in [6.07, 6.45) is 2.22. The predicted octanol–water partition coefficient (Wildman–Crippen LogP) is 5.34. The van der Waals surface area contributed by atoms with Gasteiger partial charge < -0.3 is 0 Å². The van der Waals surface area contributed by atoms with Gasteiger partial charge in [0.15, 0.2) is 6.20 Å². The van der Waals surface area contributed by atoms with Crippen LogP contribution >= 0.6 is 0 Å². The number of fused-ring (bicyclic) bond motifs is 3. The van der Waals surface area contributed by atoms with Crippen molar-refractivity contribution in [3.8, 4) is 11.3 Å². The first-order valence-electron chi connectivity index (χ1n) is 9.28. The monoisotopic (exact) mass is 356 g/mol. The highest BCUT2D eigenvalue weighted by molar-refractivity contribution is 6.88. The Balaban J connectivity index is 2.09. The average molecular weight is 357 g/mol. The van der Waals surface area contributed by atoms with E-state index < -0.39 is 8.07 Å². The van der Waals surface area contributed by atoms with Crippen LogP contribution in [0.5, 0.6) is 0 Å². The highest BCUT2D eigenvalue weighted by atomic mass is 28.3. The molecule has 0 amide bonds.